The van der Waals surface area contributed by atoms with Gasteiger partial charge in [0.15, 0.2) is 0 Å². The van der Waals surface area contributed by atoms with Crippen molar-refractivity contribution in [3.8, 4) is 5.75 Å². The zero-order valence-electron chi connectivity index (χ0n) is 23.9. The highest BCUT2D eigenvalue weighted by molar-refractivity contribution is 7.92. The maximum absolute atomic E-state index is 14.1. The maximum atomic E-state index is 14.1. The normalized spacial score (nSPS) is 11.9. The second kappa shape index (κ2) is 14.0. The predicted molar refractivity (Wildman–Crippen MR) is 158 cm³/mol. The zero-order valence-corrected chi connectivity index (χ0v) is 24.7. The van der Waals surface area contributed by atoms with E-state index in [1.807, 2.05) is 52.0 Å². The van der Waals surface area contributed by atoms with E-state index in [1.54, 1.807) is 36.4 Å². The van der Waals surface area contributed by atoms with Crippen molar-refractivity contribution in [2.24, 2.45) is 0 Å². The van der Waals surface area contributed by atoms with Crippen molar-refractivity contribution >= 4 is 27.5 Å². The number of amides is 2. The van der Waals surface area contributed by atoms with E-state index in [0.29, 0.717) is 24.4 Å². The lowest BCUT2D eigenvalue weighted by molar-refractivity contribution is -0.140. The van der Waals surface area contributed by atoms with E-state index in [1.165, 1.54) is 24.1 Å². The van der Waals surface area contributed by atoms with Gasteiger partial charge in [-0.25, -0.2) is 8.42 Å². The second-order valence-electron chi connectivity index (χ2n) is 9.75. The van der Waals surface area contributed by atoms with Crippen LogP contribution < -0.4 is 14.4 Å². The molecule has 40 heavy (non-hydrogen) atoms. The molecule has 0 saturated heterocycles. The van der Waals surface area contributed by atoms with Crippen molar-refractivity contribution in [1.29, 1.82) is 0 Å². The van der Waals surface area contributed by atoms with Gasteiger partial charge in [-0.15, -0.1) is 0 Å². The van der Waals surface area contributed by atoms with Crippen LogP contribution in [0.5, 0.6) is 5.75 Å². The lowest BCUT2D eigenvalue weighted by atomic mass is 10.1. The summed E-state index contributed by atoms with van der Waals surface area (Å²) in [4.78, 5) is 28.8. The second-order valence-corrected chi connectivity index (χ2v) is 11.6. The van der Waals surface area contributed by atoms with Gasteiger partial charge in [0.2, 0.25) is 11.8 Å². The van der Waals surface area contributed by atoms with E-state index in [9.17, 15) is 18.0 Å². The average Bonchev–Trinajstić information content (AvgIpc) is 2.94. The van der Waals surface area contributed by atoms with Gasteiger partial charge in [0.1, 0.15) is 18.3 Å². The summed E-state index contributed by atoms with van der Waals surface area (Å²) >= 11 is 0. The van der Waals surface area contributed by atoms with Gasteiger partial charge in [0, 0.05) is 13.1 Å². The number of methoxy groups -OCH3 is 1. The molecule has 0 saturated carbocycles. The summed E-state index contributed by atoms with van der Waals surface area (Å²) in [6.45, 7) is 7.81. The Morgan fingerprint density at radius 3 is 2.17 bits per heavy atom. The molecule has 1 N–H and O–H groups in total. The number of nitrogens with zero attached hydrogens (tertiary/aromatic N) is 2. The smallest absolute Gasteiger partial charge is 0.264 e. The Hall–Kier alpha value is -3.85. The molecule has 1 unspecified atom stereocenters. The van der Waals surface area contributed by atoms with Gasteiger partial charge in [-0.05, 0) is 68.7 Å². The van der Waals surface area contributed by atoms with Gasteiger partial charge in [-0.2, -0.15) is 0 Å². The van der Waals surface area contributed by atoms with Crippen LogP contribution >= 0.6 is 0 Å². The number of rotatable bonds is 13. The summed E-state index contributed by atoms with van der Waals surface area (Å²) in [7, 11) is -2.60. The monoisotopic (exact) mass is 565 g/mol. The van der Waals surface area contributed by atoms with Crippen LogP contribution in [-0.4, -0.2) is 51.4 Å². The van der Waals surface area contributed by atoms with Crippen LogP contribution in [0.3, 0.4) is 0 Å². The minimum Gasteiger partial charge on any atom is -0.497 e. The van der Waals surface area contributed by atoms with Gasteiger partial charge in [-0.1, -0.05) is 61.4 Å². The molecule has 9 heteroatoms. The van der Waals surface area contributed by atoms with Crippen molar-refractivity contribution in [2.75, 3.05) is 24.5 Å². The largest absolute Gasteiger partial charge is 0.497 e. The molecule has 3 aromatic rings. The van der Waals surface area contributed by atoms with E-state index in [4.69, 9.17) is 4.74 Å². The number of nitrogens with one attached hydrogen (secondary N) is 1. The molecule has 0 aliphatic carbocycles. The van der Waals surface area contributed by atoms with Crippen LogP contribution in [0.4, 0.5) is 5.69 Å². The topological polar surface area (TPSA) is 96.0 Å². The minimum atomic E-state index is -4.12. The van der Waals surface area contributed by atoms with Crippen LogP contribution in [0.2, 0.25) is 0 Å². The molecular weight excluding hydrogens is 526 g/mol. The number of hydrogen-bond acceptors (Lipinski definition) is 5. The van der Waals surface area contributed by atoms with Crippen molar-refractivity contribution in [3.05, 3.63) is 89.5 Å². The summed E-state index contributed by atoms with van der Waals surface area (Å²) in [5.74, 6) is -0.184. The number of hydrogen-bond donors (Lipinski definition) is 1. The van der Waals surface area contributed by atoms with Crippen LogP contribution in [0.15, 0.2) is 77.7 Å². The molecule has 0 bridgehead atoms. The highest BCUT2D eigenvalue weighted by atomic mass is 32.2. The number of carbonyl (C=O) groups is 2. The first-order valence-corrected chi connectivity index (χ1v) is 14.9. The molecule has 3 aromatic carbocycles. The molecule has 0 aromatic heterocycles. The molecule has 0 fully saturated rings. The third-order valence-electron chi connectivity index (χ3n) is 6.62. The van der Waals surface area contributed by atoms with Gasteiger partial charge < -0.3 is 15.0 Å². The molecule has 2 amide bonds. The third kappa shape index (κ3) is 7.63. The quantitative estimate of drug-likeness (QED) is 0.320. The third-order valence-corrected chi connectivity index (χ3v) is 8.41. The van der Waals surface area contributed by atoms with Crippen LogP contribution in [-0.2, 0) is 26.2 Å². The molecular formula is C31H39N3O5S. The summed E-state index contributed by atoms with van der Waals surface area (Å²) in [6.07, 6.45) is 1.13. The first kappa shape index (κ1) is 30.7. The molecule has 214 valence electrons. The first-order chi connectivity index (χ1) is 19.1. The van der Waals surface area contributed by atoms with E-state index in [2.05, 4.69) is 5.32 Å². The van der Waals surface area contributed by atoms with Gasteiger partial charge in [-0.3, -0.25) is 13.9 Å². The SMILES string of the molecule is CCCNC(=O)C(CC)N(Cc1cccc(C)c1)C(=O)CN(c1ccc(OC)cc1)S(=O)(=O)c1ccc(C)cc1. The molecule has 0 aliphatic heterocycles. The first-order valence-electron chi connectivity index (χ1n) is 13.5. The molecule has 0 radical (unpaired) electrons. The Balaban J connectivity index is 2.05. The molecule has 0 aliphatic rings. The Bertz CT molecular complexity index is 1390. The number of sulfonamides is 1. The van der Waals surface area contributed by atoms with Gasteiger partial charge in [0.05, 0.1) is 17.7 Å². The standard InChI is InChI=1S/C31H39N3O5S/c1-6-19-32-31(36)29(7-2)33(21-25-10-8-9-24(4)20-25)30(35)22-34(26-13-15-27(39-5)16-14-26)40(37,38)28-17-11-23(3)12-18-28/h8-18,20,29H,6-7,19,21-22H2,1-5H3,(H,32,36). The summed E-state index contributed by atoms with van der Waals surface area (Å²) < 4.78 is 34.2. The molecule has 8 nitrogen and oxygen atoms in total. The fourth-order valence-electron chi connectivity index (χ4n) is 4.41. The fraction of sp³-hybridized carbons (Fsp3) is 0.355. The van der Waals surface area contributed by atoms with Crippen LogP contribution in [0, 0.1) is 13.8 Å². The lowest BCUT2D eigenvalue weighted by Crippen LogP contribution is -2.52. The van der Waals surface area contributed by atoms with Crippen LogP contribution in [0.25, 0.3) is 0 Å². The van der Waals surface area contributed by atoms with Crippen molar-refractivity contribution in [3.63, 3.8) is 0 Å². The summed E-state index contributed by atoms with van der Waals surface area (Å²) in [6, 6.07) is 20.0. The highest BCUT2D eigenvalue weighted by Crippen LogP contribution is 2.27. The van der Waals surface area contributed by atoms with E-state index in [-0.39, 0.29) is 17.3 Å². The number of anilines is 1. The van der Waals surface area contributed by atoms with Crippen molar-refractivity contribution < 1.29 is 22.7 Å². The van der Waals surface area contributed by atoms with Gasteiger partial charge >= 0.3 is 0 Å². The lowest BCUT2D eigenvalue weighted by Gasteiger charge is -2.33. The Labute approximate surface area is 238 Å². The predicted octanol–water partition coefficient (Wildman–Crippen LogP) is 4.84. The Kier molecular flexibility index (Phi) is 10.7. The highest BCUT2D eigenvalue weighted by Gasteiger charge is 2.33. The zero-order chi connectivity index (χ0) is 29.3. The van der Waals surface area contributed by atoms with E-state index >= 15 is 0 Å². The average molecular weight is 566 g/mol. The van der Waals surface area contributed by atoms with Gasteiger partial charge in [0.25, 0.3) is 10.0 Å². The van der Waals surface area contributed by atoms with Crippen molar-refractivity contribution in [2.45, 2.75) is 58.0 Å². The van der Waals surface area contributed by atoms with Crippen molar-refractivity contribution in [1.82, 2.24) is 10.2 Å². The molecule has 3 rings (SSSR count). The number of aryl methyl sites for hydroxylation is 2. The van der Waals surface area contributed by atoms with Crippen LogP contribution in [0.1, 0.15) is 43.4 Å². The minimum absolute atomic E-state index is 0.0692. The summed E-state index contributed by atoms with van der Waals surface area (Å²) in [5, 5.41) is 2.90. The fourth-order valence-corrected chi connectivity index (χ4v) is 5.82. The Morgan fingerprint density at radius 1 is 0.925 bits per heavy atom. The van der Waals surface area contributed by atoms with E-state index in [0.717, 1.165) is 27.4 Å². The van der Waals surface area contributed by atoms with E-state index < -0.39 is 28.5 Å². The molecule has 0 heterocycles. The number of benzene rings is 3. The summed E-state index contributed by atoms with van der Waals surface area (Å²) in [5.41, 5.74) is 3.11. The number of ether oxygens (including phenoxy) is 1. The Morgan fingerprint density at radius 2 is 1.60 bits per heavy atom. The molecule has 1 atom stereocenters. The maximum Gasteiger partial charge on any atom is 0.264 e. The number of carbonyl (C=O) groups excluding carboxylic acids is 2. The molecule has 0 spiro atoms.